The quantitative estimate of drug-likeness (QED) is 0.903. The maximum Gasteiger partial charge on any atom is 0.347 e. The van der Waals surface area contributed by atoms with Crippen molar-refractivity contribution in [1.29, 1.82) is 0 Å². The van der Waals surface area contributed by atoms with E-state index in [0.717, 1.165) is 12.3 Å². The van der Waals surface area contributed by atoms with Crippen LogP contribution < -0.4 is 5.69 Å². The van der Waals surface area contributed by atoms with Crippen LogP contribution in [0.1, 0.15) is 29.6 Å². The minimum atomic E-state index is -0.332. The van der Waals surface area contributed by atoms with Crippen molar-refractivity contribution in [1.82, 2.24) is 19.5 Å². The first-order valence-corrected chi connectivity index (χ1v) is 7.68. The van der Waals surface area contributed by atoms with Gasteiger partial charge in [0.15, 0.2) is 5.65 Å². The number of hydrogen-bond donors (Lipinski definition) is 1. The van der Waals surface area contributed by atoms with Gasteiger partial charge in [0.1, 0.15) is 0 Å². The van der Waals surface area contributed by atoms with Crippen LogP contribution in [0, 0.1) is 5.92 Å². The van der Waals surface area contributed by atoms with Gasteiger partial charge in [0, 0.05) is 12.7 Å². The van der Waals surface area contributed by atoms with Crippen molar-refractivity contribution in [3.05, 3.63) is 34.4 Å². The van der Waals surface area contributed by atoms with Crippen molar-refractivity contribution < 1.29 is 9.53 Å². The number of aromatic nitrogens is 3. The second-order valence-corrected chi connectivity index (χ2v) is 6.08. The van der Waals surface area contributed by atoms with Gasteiger partial charge >= 0.3 is 5.69 Å². The first-order valence-electron chi connectivity index (χ1n) is 7.68. The molecule has 7 heteroatoms. The zero-order chi connectivity index (χ0) is 15.1. The molecule has 1 saturated heterocycles. The molecule has 7 nitrogen and oxygen atoms in total. The number of carbonyl (C=O) groups excluding carboxylic acids is 1. The fourth-order valence-corrected chi connectivity index (χ4v) is 3.05. The lowest BCUT2D eigenvalue weighted by molar-refractivity contribution is -0.00571. The van der Waals surface area contributed by atoms with Crippen molar-refractivity contribution >= 4 is 11.6 Å². The molecule has 0 aromatic carbocycles. The largest absolute Gasteiger partial charge is 0.377 e. The number of rotatable bonds is 3. The normalized spacial score (nSPS) is 22.2. The average Bonchev–Trinajstić information content (AvgIpc) is 3.29. The lowest BCUT2D eigenvalue weighted by atomic mass is 10.1. The summed E-state index contributed by atoms with van der Waals surface area (Å²) in [5.41, 5.74) is 0.693. The standard InChI is InChI=1S/C15H18N4O3/c20-14(11-3-4-13-16-17-15(21)19(13)8-11)18-5-6-22-9-12(18)7-10-1-2-10/h3-4,8,10,12H,1-2,5-7,9H2,(H,17,21). The smallest absolute Gasteiger partial charge is 0.347 e. The van der Waals surface area contributed by atoms with E-state index in [1.54, 1.807) is 18.3 Å². The van der Waals surface area contributed by atoms with Crippen LogP contribution in [-0.4, -0.2) is 51.2 Å². The lowest BCUT2D eigenvalue weighted by Gasteiger charge is -2.35. The third-order valence-electron chi connectivity index (χ3n) is 4.45. The molecule has 1 aliphatic heterocycles. The van der Waals surface area contributed by atoms with Gasteiger partial charge in [0.25, 0.3) is 5.91 Å². The molecule has 1 unspecified atom stereocenters. The van der Waals surface area contributed by atoms with Crippen LogP contribution in [0.4, 0.5) is 0 Å². The van der Waals surface area contributed by atoms with Crippen molar-refractivity contribution in [3.8, 4) is 0 Å². The Balaban J connectivity index is 1.62. The zero-order valence-electron chi connectivity index (χ0n) is 12.2. The average molecular weight is 302 g/mol. The maximum absolute atomic E-state index is 12.8. The highest BCUT2D eigenvalue weighted by molar-refractivity contribution is 5.94. The van der Waals surface area contributed by atoms with E-state index < -0.39 is 0 Å². The van der Waals surface area contributed by atoms with Crippen molar-refractivity contribution in [2.45, 2.75) is 25.3 Å². The van der Waals surface area contributed by atoms with Crippen LogP contribution in [0.25, 0.3) is 5.65 Å². The Bertz CT molecular complexity index is 761. The van der Waals surface area contributed by atoms with E-state index in [4.69, 9.17) is 4.74 Å². The van der Waals surface area contributed by atoms with Gasteiger partial charge in [0.2, 0.25) is 0 Å². The van der Waals surface area contributed by atoms with Gasteiger partial charge < -0.3 is 9.64 Å². The number of morpholine rings is 1. The van der Waals surface area contributed by atoms with Crippen LogP contribution in [0.2, 0.25) is 0 Å². The van der Waals surface area contributed by atoms with Gasteiger partial charge in [-0.3, -0.25) is 4.79 Å². The third kappa shape index (κ3) is 2.41. The van der Waals surface area contributed by atoms with E-state index in [-0.39, 0.29) is 17.6 Å². The molecule has 2 aromatic heterocycles. The van der Waals surface area contributed by atoms with Gasteiger partial charge in [-0.25, -0.2) is 14.3 Å². The first kappa shape index (κ1) is 13.5. The predicted molar refractivity (Wildman–Crippen MR) is 78.8 cm³/mol. The minimum absolute atomic E-state index is 0.0380. The molecule has 116 valence electrons. The highest BCUT2D eigenvalue weighted by Crippen LogP contribution is 2.35. The van der Waals surface area contributed by atoms with E-state index in [9.17, 15) is 9.59 Å². The summed E-state index contributed by atoms with van der Waals surface area (Å²) in [6.07, 6.45) is 5.09. The predicted octanol–water partition coefficient (Wildman–Crippen LogP) is 0.664. The van der Waals surface area contributed by atoms with Gasteiger partial charge in [-0.15, -0.1) is 0 Å². The molecule has 1 atom stereocenters. The highest BCUT2D eigenvalue weighted by atomic mass is 16.5. The number of pyridine rings is 1. The fourth-order valence-electron chi connectivity index (χ4n) is 3.05. The van der Waals surface area contributed by atoms with Gasteiger partial charge in [-0.1, -0.05) is 12.8 Å². The van der Waals surface area contributed by atoms with E-state index in [0.29, 0.717) is 31.0 Å². The second-order valence-electron chi connectivity index (χ2n) is 6.08. The van der Waals surface area contributed by atoms with Gasteiger partial charge in [0.05, 0.1) is 24.8 Å². The number of nitrogens with one attached hydrogen (secondary N) is 1. The van der Waals surface area contributed by atoms with Crippen molar-refractivity contribution in [2.75, 3.05) is 19.8 Å². The fraction of sp³-hybridized carbons (Fsp3) is 0.533. The summed E-state index contributed by atoms with van der Waals surface area (Å²) in [5.74, 6) is 0.699. The Hall–Kier alpha value is -2.15. The Morgan fingerprint density at radius 2 is 2.27 bits per heavy atom. The summed E-state index contributed by atoms with van der Waals surface area (Å²) in [4.78, 5) is 26.4. The SMILES string of the molecule is O=C(c1ccc2n[nH]c(=O)n2c1)N1CCOCC1CC1CC1. The number of ether oxygens (including phenoxy) is 1. The molecule has 0 radical (unpaired) electrons. The van der Waals surface area contributed by atoms with Gasteiger partial charge in [-0.05, 0) is 24.5 Å². The maximum atomic E-state index is 12.8. The molecule has 22 heavy (non-hydrogen) atoms. The summed E-state index contributed by atoms with van der Waals surface area (Å²) in [6.45, 7) is 1.78. The van der Waals surface area contributed by atoms with Crippen LogP contribution in [-0.2, 0) is 4.74 Å². The Morgan fingerprint density at radius 1 is 1.41 bits per heavy atom. The van der Waals surface area contributed by atoms with Crippen molar-refractivity contribution in [3.63, 3.8) is 0 Å². The topological polar surface area (TPSA) is 79.7 Å². The summed E-state index contributed by atoms with van der Waals surface area (Å²) in [5, 5.41) is 6.25. The third-order valence-corrected chi connectivity index (χ3v) is 4.45. The lowest BCUT2D eigenvalue weighted by Crippen LogP contribution is -2.49. The van der Waals surface area contributed by atoms with Crippen LogP contribution in [0.3, 0.4) is 0 Å². The molecule has 3 heterocycles. The number of carbonyl (C=O) groups is 1. The molecule has 2 aromatic rings. The zero-order valence-corrected chi connectivity index (χ0v) is 12.2. The molecule has 0 spiro atoms. The summed E-state index contributed by atoms with van der Waals surface area (Å²) in [6, 6.07) is 3.55. The Labute approximate surface area is 126 Å². The van der Waals surface area contributed by atoms with E-state index in [1.165, 1.54) is 17.2 Å². The summed E-state index contributed by atoms with van der Waals surface area (Å²) in [7, 11) is 0. The van der Waals surface area contributed by atoms with Crippen molar-refractivity contribution in [2.24, 2.45) is 5.92 Å². The highest BCUT2D eigenvalue weighted by Gasteiger charge is 2.33. The van der Waals surface area contributed by atoms with E-state index >= 15 is 0 Å². The van der Waals surface area contributed by atoms with Crippen LogP contribution >= 0.6 is 0 Å². The molecule has 1 N–H and O–H groups in total. The number of nitrogens with zero attached hydrogens (tertiary/aromatic N) is 3. The number of H-pyrrole nitrogens is 1. The monoisotopic (exact) mass is 302 g/mol. The molecule has 4 rings (SSSR count). The molecule has 2 aliphatic rings. The van der Waals surface area contributed by atoms with E-state index in [1.807, 2.05) is 4.90 Å². The van der Waals surface area contributed by atoms with Crippen LogP contribution in [0.15, 0.2) is 23.1 Å². The number of amides is 1. The van der Waals surface area contributed by atoms with E-state index in [2.05, 4.69) is 10.2 Å². The number of hydrogen-bond acceptors (Lipinski definition) is 4. The molecular weight excluding hydrogens is 284 g/mol. The minimum Gasteiger partial charge on any atom is -0.377 e. The first-order chi connectivity index (χ1) is 10.7. The number of fused-ring (bicyclic) bond motifs is 1. The van der Waals surface area contributed by atoms with Gasteiger partial charge in [-0.2, -0.15) is 5.10 Å². The van der Waals surface area contributed by atoms with Crippen LogP contribution in [0.5, 0.6) is 0 Å². The molecule has 1 aliphatic carbocycles. The number of aromatic amines is 1. The molecule has 1 amide bonds. The molecule has 2 fully saturated rings. The Morgan fingerprint density at radius 3 is 3.09 bits per heavy atom. The molecule has 1 saturated carbocycles. The summed E-state index contributed by atoms with van der Waals surface area (Å²) >= 11 is 0. The molecule has 0 bridgehead atoms. The summed E-state index contributed by atoms with van der Waals surface area (Å²) < 4.78 is 6.90. The Kier molecular flexibility index (Phi) is 3.22. The second kappa shape index (κ2) is 5.24. The molecular formula is C15H18N4O3.